The van der Waals surface area contributed by atoms with E-state index in [-0.39, 0.29) is 12.3 Å². The number of halogens is 1. The van der Waals surface area contributed by atoms with Gasteiger partial charge in [0.05, 0.1) is 12.7 Å². The molecule has 0 aliphatic heterocycles. The van der Waals surface area contributed by atoms with Gasteiger partial charge < -0.3 is 10.1 Å². The molecule has 0 fully saturated rings. The summed E-state index contributed by atoms with van der Waals surface area (Å²) in [6.45, 7) is 0. The van der Waals surface area contributed by atoms with Crippen LogP contribution in [0.5, 0.6) is 0 Å². The third kappa shape index (κ3) is 3.87. The zero-order chi connectivity index (χ0) is 21.1. The lowest BCUT2D eigenvalue weighted by atomic mass is 9.95. The number of rotatable bonds is 5. The molecule has 4 nitrogen and oxygen atoms in total. The predicted octanol–water partition coefficient (Wildman–Crippen LogP) is 5.16. The van der Waals surface area contributed by atoms with Crippen molar-refractivity contribution in [2.75, 3.05) is 7.11 Å². The van der Waals surface area contributed by atoms with Gasteiger partial charge in [0.1, 0.15) is 6.04 Å². The van der Waals surface area contributed by atoms with Gasteiger partial charge in [-0.2, -0.15) is 0 Å². The summed E-state index contributed by atoms with van der Waals surface area (Å²) in [5, 5.41) is 6.99. The summed E-state index contributed by atoms with van der Waals surface area (Å²) in [5.41, 5.74) is 1.30. The molecule has 0 aromatic heterocycles. The Bertz CT molecular complexity index is 1200. The fourth-order valence-corrected chi connectivity index (χ4v) is 3.92. The second kappa shape index (κ2) is 8.56. The van der Waals surface area contributed by atoms with Gasteiger partial charge in [-0.05, 0) is 39.2 Å². The van der Waals surface area contributed by atoms with Crippen molar-refractivity contribution in [1.29, 1.82) is 0 Å². The van der Waals surface area contributed by atoms with Gasteiger partial charge in [-0.3, -0.25) is 4.79 Å². The van der Waals surface area contributed by atoms with E-state index < -0.39 is 12.0 Å². The smallest absolute Gasteiger partial charge is 0.328 e. The number of methoxy groups -OCH3 is 1. The van der Waals surface area contributed by atoms with Gasteiger partial charge in [-0.15, -0.1) is 0 Å². The molecule has 0 saturated heterocycles. The third-order valence-electron chi connectivity index (χ3n) is 5.17. The predicted molar refractivity (Wildman–Crippen MR) is 120 cm³/mol. The number of hydrogen-bond donors (Lipinski definition) is 1. The highest BCUT2D eigenvalue weighted by atomic mass is 35.5. The topological polar surface area (TPSA) is 55.4 Å². The molecule has 0 aliphatic carbocycles. The molecular weight excluding hydrogens is 398 g/mol. The van der Waals surface area contributed by atoms with Crippen LogP contribution in [0, 0.1) is 0 Å². The van der Waals surface area contributed by atoms with Crippen LogP contribution in [-0.2, 0) is 16.0 Å². The van der Waals surface area contributed by atoms with Gasteiger partial charge in [0.25, 0.3) is 5.91 Å². The van der Waals surface area contributed by atoms with Gasteiger partial charge in [-0.25, -0.2) is 4.79 Å². The first kappa shape index (κ1) is 19.9. The lowest BCUT2D eigenvalue weighted by molar-refractivity contribution is -0.142. The van der Waals surface area contributed by atoms with E-state index in [0.29, 0.717) is 10.6 Å². The van der Waals surface area contributed by atoms with Crippen molar-refractivity contribution in [1.82, 2.24) is 5.32 Å². The highest BCUT2D eigenvalue weighted by Gasteiger charge is 2.25. The van der Waals surface area contributed by atoms with Crippen LogP contribution in [0.15, 0.2) is 78.9 Å². The molecule has 0 bridgehead atoms. The molecule has 4 rings (SSSR count). The monoisotopic (exact) mass is 417 g/mol. The molecule has 0 heterocycles. The van der Waals surface area contributed by atoms with Crippen LogP contribution < -0.4 is 5.32 Å². The SMILES string of the molecule is COC(=O)[C@@H](Cc1ccccc1Cl)NC(=O)c1c2ccccc2cc2ccccc12. The number of carbonyl (C=O) groups excluding carboxylic acids is 2. The Labute approximate surface area is 179 Å². The van der Waals surface area contributed by atoms with Crippen LogP contribution in [0.4, 0.5) is 0 Å². The first-order valence-electron chi connectivity index (χ1n) is 9.61. The molecule has 0 unspecified atom stereocenters. The standard InChI is InChI=1S/C25H20ClNO3/c1-30-25(29)22(15-18-10-4-7-13-21(18)26)27-24(28)23-19-11-5-2-8-16(19)14-17-9-3-6-12-20(17)23/h2-14,22H,15H2,1H3,(H,27,28)/t22-/m1/s1. The fourth-order valence-electron chi connectivity index (χ4n) is 3.71. The van der Waals surface area contributed by atoms with Gasteiger partial charge in [0.2, 0.25) is 0 Å². The molecule has 30 heavy (non-hydrogen) atoms. The Morgan fingerprint density at radius 1 is 0.900 bits per heavy atom. The molecule has 5 heteroatoms. The molecule has 1 atom stereocenters. The second-order valence-electron chi connectivity index (χ2n) is 7.04. The van der Waals surface area contributed by atoms with Crippen LogP contribution in [-0.4, -0.2) is 25.0 Å². The minimum absolute atomic E-state index is 0.237. The summed E-state index contributed by atoms with van der Waals surface area (Å²) in [5.74, 6) is -0.849. The average Bonchev–Trinajstić information content (AvgIpc) is 2.77. The van der Waals surface area contributed by atoms with Crippen LogP contribution in [0.3, 0.4) is 0 Å². The number of amides is 1. The van der Waals surface area contributed by atoms with Gasteiger partial charge >= 0.3 is 5.97 Å². The summed E-state index contributed by atoms with van der Waals surface area (Å²) in [4.78, 5) is 25.9. The maximum absolute atomic E-state index is 13.4. The summed E-state index contributed by atoms with van der Waals surface area (Å²) in [7, 11) is 1.31. The summed E-state index contributed by atoms with van der Waals surface area (Å²) < 4.78 is 4.94. The Morgan fingerprint density at radius 3 is 2.07 bits per heavy atom. The first-order valence-corrected chi connectivity index (χ1v) is 9.99. The number of nitrogens with one attached hydrogen (secondary N) is 1. The van der Waals surface area contributed by atoms with Crippen molar-refractivity contribution in [3.63, 3.8) is 0 Å². The molecule has 0 spiro atoms. The number of carbonyl (C=O) groups is 2. The van der Waals surface area contributed by atoms with E-state index in [1.165, 1.54) is 7.11 Å². The third-order valence-corrected chi connectivity index (χ3v) is 5.54. The molecule has 1 amide bonds. The van der Waals surface area contributed by atoms with E-state index >= 15 is 0 Å². The molecular formula is C25H20ClNO3. The Kier molecular flexibility index (Phi) is 5.68. The van der Waals surface area contributed by atoms with E-state index in [0.717, 1.165) is 27.1 Å². The Hall–Kier alpha value is -3.37. The van der Waals surface area contributed by atoms with E-state index in [2.05, 4.69) is 11.4 Å². The largest absolute Gasteiger partial charge is 0.467 e. The maximum Gasteiger partial charge on any atom is 0.328 e. The lowest BCUT2D eigenvalue weighted by Crippen LogP contribution is -2.43. The molecule has 0 radical (unpaired) electrons. The first-order chi connectivity index (χ1) is 14.6. The zero-order valence-corrected chi connectivity index (χ0v) is 17.1. The van der Waals surface area contributed by atoms with Gasteiger partial charge in [0.15, 0.2) is 0 Å². The maximum atomic E-state index is 13.4. The van der Waals surface area contributed by atoms with E-state index in [1.807, 2.05) is 66.7 Å². The quantitative estimate of drug-likeness (QED) is 0.360. The summed E-state index contributed by atoms with van der Waals surface area (Å²) >= 11 is 6.26. The van der Waals surface area contributed by atoms with Crippen molar-refractivity contribution in [3.05, 3.63) is 95.0 Å². The van der Waals surface area contributed by atoms with Crippen molar-refractivity contribution < 1.29 is 14.3 Å². The molecule has 4 aromatic carbocycles. The number of hydrogen-bond acceptors (Lipinski definition) is 3. The van der Waals surface area contributed by atoms with Gasteiger partial charge in [0, 0.05) is 11.4 Å². The summed E-state index contributed by atoms with van der Waals surface area (Å²) in [6, 6.07) is 23.9. The minimum Gasteiger partial charge on any atom is -0.467 e. The molecule has 0 saturated carbocycles. The molecule has 150 valence electrons. The normalized spacial score (nSPS) is 11.9. The number of fused-ring (bicyclic) bond motifs is 2. The van der Waals surface area contributed by atoms with Crippen molar-refractivity contribution >= 4 is 45.0 Å². The highest BCUT2D eigenvalue weighted by Crippen LogP contribution is 2.28. The molecule has 0 aliphatic rings. The van der Waals surface area contributed by atoms with Crippen molar-refractivity contribution in [2.24, 2.45) is 0 Å². The second-order valence-corrected chi connectivity index (χ2v) is 7.45. The summed E-state index contributed by atoms with van der Waals surface area (Å²) in [6.07, 6.45) is 0.237. The highest BCUT2D eigenvalue weighted by molar-refractivity contribution is 6.31. The van der Waals surface area contributed by atoms with E-state index in [9.17, 15) is 9.59 Å². The lowest BCUT2D eigenvalue weighted by Gasteiger charge is -2.19. The minimum atomic E-state index is -0.861. The fraction of sp³-hybridized carbons (Fsp3) is 0.120. The number of benzene rings is 4. The Balaban J connectivity index is 1.76. The van der Waals surface area contributed by atoms with Crippen LogP contribution in [0.1, 0.15) is 15.9 Å². The van der Waals surface area contributed by atoms with E-state index in [1.54, 1.807) is 6.07 Å². The Morgan fingerprint density at radius 2 is 1.47 bits per heavy atom. The molecule has 4 aromatic rings. The van der Waals surface area contributed by atoms with Crippen molar-refractivity contribution in [2.45, 2.75) is 12.5 Å². The average molecular weight is 418 g/mol. The van der Waals surface area contributed by atoms with E-state index in [4.69, 9.17) is 16.3 Å². The number of ether oxygens (including phenoxy) is 1. The van der Waals surface area contributed by atoms with Crippen LogP contribution in [0.25, 0.3) is 21.5 Å². The van der Waals surface area contributed by atoms with Crippen molar-refractivity contribution in [3.8, 4) is 0 Å². The zero-order valence-electron chi connectivity index (χ0n) is 16.4. The van der Waals surface area contributed by atoms with Crippen LogP contribution in [0.2, 0.25) is 5.02 Å². The van der Waals surface area contributed by atoms with Crippen LogP contribution >= 0.6 is 11.6 Å². The molecule has 1 N–H and O–H groups in total. The number of esters is 1. The van der Waals surface area contributed by atoms with Gasteiger partial charge in [-0.1, -0.05) is 78.3 Å².